The van der Waals surface area contributed by atoms with E-state index in [1.54, 1.807) is 40.1 Å². The Morgan fingerprint density at radius 2 is 2.12 bits per heavy atom. The summed E-state index contributed by atoms with van der Waals surface area (Å²) in [7, 11) is 0. The Kier molecular flexibility index (Phi) is 5.66. The average molecular weight is 447 g/mol. The molecule has 1 aliphatic heterocycles. The van der Waals surface area contributed by atoms with Gasteiger partial charge in [-0.05, 0) is 37.1 Å². The maximum Gasteiger partial charge on any atom is 0.248 e. The Labute approximate surface area is 188 Å². The summed E-state index contributed by atoms with van der Waals surface area (Å²) in [5.74, 6) is -0.544. The molecule has 1 fully saturated rings. The lowest BCUT2D eigenvalue weighted by Gasteiger charge is -2.33. The first-order chi connectivity index (χ1) is 16.1. The highest BCUT2D eigenvalue weighted by molar-refractivity contribution is 5.78. The van der Waals surface area contributed by atoms with Crippen molar-refractivity contribution in [3.63, 3.8) is 0 Å². The molecule has 1 aliphatic rings. The number of aliphatic hydroxyl groups is 1. The van der Waals surface area contributed by atoms with E-state index < -0.39 is 12.4 Å². The second-order valence-corrected chi connectivity index (χ2v) is 7.87. The minimum absolute atomic E-state index is 0.0532. The number of nitrogens with zero attached hydrogens (tertiary/aromatic N) is 6. The van der Waals surface area contributed by atoms with Crippen LogP contribution in [0.15, 0.2) is 55.1 Å². The number of anilines is 1. The summed E-state index contributed by atoms with van der Waals surface area (Å²) in [4.78, 5) is 26.7. The zero-order chi connectivity index (χ0) is 22.8. The molecule has 168 valence electrons. The minimum atomic E-state index is -0.589. The van der Waals surface area contributed by atoms with E-state index in [0.717, 1.165) is 18.4 Å². The minimum Gasteiger partial charge on any atom is -0.387 e. The molecule has 9 nitrogen and oxygen atoms in total. The van der Waals surface area contributed by atoms with E-state index in [1.807, 2.05) is 24.4 Å². The second kappa shape index (κ2) is 8.91. The van der Waals surface area contributed by atoms with Gasteiger partial charge in [-0.2, -0.15) is 5.10 Å². The number of pyridine rings is 2. The van der Waals surface area contributed by atoms with Gasteiger partial charge in [0.05, 0.1) is 17.3 Å². The molecule has 1 amide bonds. The third kappa shape index (κ3) is 4.12. The number of amides is 1. The van der Waals surface area contributed by atoms with Gasteiger partial charge in [0.25, 0.3) is 0 Å². The molecule has 0 bridgehead atoms. The Morgan fingerprint density at radius 3 is 2.94 bits per heavy atom. The van der Waals surface area contributed by atoms with Crippen LogP contribution in [-0.4, -0.2) is 66.2 Å². The zero-order valence-electron chi connectivity index (χ0n) is 17.7. The Bertz CT molecular complexity index is 1290. The van der Waals surface area contributed by atoms with E-state index in [9.17, 15) is 9.90 Å². The van der Waals surface area contributed by atoms with E-state index in [2.05, 4.69) is 25.4 Å². The van der Waals surface area contributed by atoms with Crippen LogP contribution in [0.3, 0.4) is 0 Å². The highest BCUT2D eigenvalue weighted by atomic mass is 19.1. The summed E-state index contributed by atoms with van der Waals surface area (Å²) in [5, 5.41) is 16.7. The maximum atomic E-state index is 15.6. The third-order valence-electron chi connectivity index (χ3n) is 5.70. The molecular formula is C23H22FN7O2. The number of piperidine rings is 1. The smallest absolute Gasteiger partial charge is 0.248 e. The number of aliphatic hydroxyl groups excluding tert-OH is 1. The van der Waals surface area contributed by atoms with Crippen LogP contribution in [0.1, 0.15) is 12.8 Å². The van der Waals surface area contributed by atoms with Crippen LogP contribution in [0, 0.1) is 5.82 Å². The number of rotatable bonds is 5. The van der Waals surface area contributed by atoms with E-state index in [-0.39, 0.29) is 23.5 Å². The van der Waals surface area contributed by atoms with Crippen molar-refractivity contribution >= 4 is 17.2 Å². The van der Waals surface area contributed by atoms with Crippen molar-refractivity contribution in [3.05, 3.63) is 60.9 Å². The molecule has 4 aromatic heterocycles. The fourth-order valence-corrected chi connectivity index (χ4v) is 4.08. The van der Waals surface area contributed by atoms with E-state index in [1.165, 1.54) is 0 Å². The monoisotopic (exact) mass is 447 g/mol. The average Bonchev–Trinajstić information content (AvgIpc) is 3.30. The molecule has 4 aromatic rings. The van der Waals surface area contributed by atoms with Crippen LogP contribution in [0.4, 0.5) is 10.2 Å². The number of likely N-dealkylation sites (tertiary alicyclic amines) is 1. The summed E-state index contributed by atoms with van der Waals surface area (Å²) in [6.45, 7) is 0.383. The molecule has 2 N–H and O–H groups in total. The fraction of sp³-hybridized carbons (Fsp3) is 0.261. The molecule has 1 saturated heterocycles. The van der Waals surface area contributed by atoms with Crippen molar-refractivity contribution in [2.24, 2.45) is 0 Å². The summed E-state index contributed by atoms with van der Waals surface area (Å²) >= 11 is 0. The maximum absolute atomic E-state index is 15.6. The van der Waals surface area contributed by atoms with Gasteiger partial charge < -0.3 is 15.3 Å². The molecule has 0 unspecified atom stereocenters. The van der Waals surface area contributed by atoms with Gasteiger partial charge >= 0.3 is 0 Å². The predicted molar refractivity (Wildman–Crippen MR) is 120 cm³/mol. The van der Waals surface area contributed by atoms with Gasteiger partial charge in [0, 0.05) is 43.3 Å². The molecule has 5 heterocycles. The largest absolute Gasteiger partial charge is 0.387 e. The first kappa shape index (κ1) is 21.0. The number of halogens is 1. The van der Waals surface area contributed by atoms with Gasteiger partial charge in [-0.25, -0.2) is 18.9 Å². The van der Waals surface area contributed by atoms with Crippen LogP contribution in [0.5, 0.6) is 0 Å². The van der Waals surface area contributed by atoms with Gasteiger partial charge in [-0.1, -0.05) is 6.07 Å². The Hall–Kier alpha value is -3.92. The van der Waals surface area contributed by atoms with E-state index >= 15 is 4.39 Å². The van der Waals surface area contributed by atoms with Crippen LogP contribution >= 0.6 is 0 Å². The van der Waals surface area contributed by atoms with Gasteiger partial charge in [0.15, 0.2) is 17.5 Å². The van der Waals surface area contributed by atoms with Crippen molar-refractivity contribution < 1.29 is 14.3 Å². The molecular weight excluding hydrogens is 425 g/mol. The number of fused-ring (bicyclic) bond motifs is 1. The highest BCUT2D eigenvalue weighted by Gasteiger charge is 2.26. The highest BCUT2D eigenvalue weighted by Crippen LogP contribution is 2.30. The first-order valence-corrected chi connectivity index (χ1v) is 10.7. The van der Waals surface area contributed by atoms with Crippen LogP contribution < -0.4 is 5.32 Å². The molecule has 5 rings (SSSR count). The van der Waals surface area contributed by atoms with Crippen molar-refractivity contribution in [2.45, 2.75) is 18.9 Å². The van der Waals surface area contributed by atoms with Crippen molar-refractivity contribution in [3.8, 4) is 22.6 Å². The third-order valence-corrected chi connectivity index (χ3v) is 5.70. The molecule has 10 heteroatoms. The quantitative estimate of drug-likeness (QED) is 0.484. The lowest BCUT2D eigenvalue weighted by molar-refractivity contribution is -0.135. The topological polar surface area (TPSA) is 109 Å². The molecule has 33 heavy (non-hydrogen) atoms. The normalized spacial score (nSPS) is 16.2. The standard InChI is InChI=1S/C23H22FN7O2/c24-20-21(15-5-3-8-25-11-15)28-22(17-12-26-31-10-2-1-7-18(17)31)29-23(20)27-16-6-4-9-30(13-16)19(33)14-32/h1-3,5,7-8,10-12,16,32H,4,6,9,13-14H2,(H,27,28,29)/t16-/m1/s1. The van der Waals surface area contributed by atoms with Crippen molar-refractivity contribution in [1.82, 2.24) is 29.5 Å². The van der Waals surface area contributed by atoms with Crippen LogP contribution in [0.25, 0.3) is 28.2 Å². The zero-order valence-corrected chi connectivity index (χ0v) is 17.7. The first-order valence-electron chi connectivity index (χ1n) is 10.7. The molecule has 0 saturated carbocycles. The van der Waals surface area contributed by atoms with Gasteiger partial charge in [-0.3, -0.25) is 9.78 Å². The van der Waals surface area contributed by atoms with Gasteiger partial charge in [0.1, 0.15) is 12.3 Å². The Balaban J connectivity index is 1.57. The van der Waals surface area contributed by atoms with Crippen LogP contribution in [0.2, 0.25) is 0 Å². The van der Waals surface area contributed by atoms with E-state index in [0.29, 0.717) is 30.0 Å². The number of hydrogen-bond acceptors (Lipinski definition) is 7. The molecule has 0 spiro atoms. The van der Waals surface area contributed by atoms with Gasteiger partial charge in [-0.15, -0.1) is 0 Å². The van der Waals surface area contributed by atoms with Gasteiger partial charge in [0.2, 0.25) is 5.91 Å². The molecule has 1 atom stereocenters. The summed E-state index contributed by atoms with van der Waals surface area (Å²) in [6.07, 6.45) is 8.12. The number of carbonyl (C=O) groups is 1. The fourth-order valence-electron chi connectivity index (χ4n) is 4.08. The summed E-state index contributed by atoms with van der Waals surface area (Å²) < 4.78 is 17.3. The molecule has 0 aromatic carbocycles. The van der Waals surface area contributed by atoms with E-state index in [4.69, 9.17) is 0 Å². The van der Waals surface area contributed by atoms with Crippen molar-refractivity contribution in [1.29, 1.82) is 0 Å². The predicted octanol–water partition coefficient (Wildman–Crippen LogP) is 2.39. The number of hydrogen-bond donors (Lipinski definition) is 2. The summed E-state index contributed by atoms with van der Waals surface area (Å²) in [6, 6.07) is 8.90. The SMILES string of the molecule is O=C(CO)N1CCC[C@@H](Nc2nc(-c3cnn4ccccc34)nc(-c3cccnc3)c2F)C1. The second-order valence-electron chi connectivity index (χ2n) is 7.87. The summed E-state index contributed by atoms with van der Waals surface area (Å²) in [5.41, 5.74) is 2.12. The molecule has 0 aliphatic carbocycles. The number of nitrogens with one attached hydrogen (secondary N) is 1. The molecule has 0 radical (unpaired) electrons. The van der Waals surface area contributed by atoms with Crippen molar-refractivity contribution in [2.75, 3.05) is 25.0 Å². The van der Waals surface area contributed by atoms with Crippen LogP contribution in [-0.2, 0) is 4.79 Å². The number of aromatic nitrogens is 5. The lowest BCUT2D eigenvalue weighted by atomic mass is 10.1. The lowest BCUT2D eigenvalue weighted by Crippen LogP contribution is -2.46. The number of carbonyl (C=O) groups excluding carboxylic acids is 1. The Morgan fingerprint density at radius 1 is 1.21 bits per heavy atom.